The Labute approximate surface area is 268 Å². The van der Waals surface area contributed by atoms with Gasteiger partial charge in [0.15, 0.2) is 0 Å². The normalized spacial score (nSPS) is 17.1. The molecule has 0 aliphatic carbocycles. The summed E-state index contributed by atoms with van der Waals surface area (Å²) in [5, 5.41) is 4.74. The van der Waals surface area contributed by atoms with Crippen LogP contribution in [0.5, 0.6) is 0 Å². The molecule has 1 saturated heterocycles. The van der Waals surface area contributed by atoms with Crippen LogP contribution in [0.1, 0.15) is 29.0 Å². The standard InChI is InChI=1S/C32H36F3N5O7/c1-45-31(44)40(29(42)26(36)25(20-8-4-2-5-9-20)21-10-6-3-7-11-21)27-22(14-15-37-28(27)41)12-13-24-16-38-23(17-46-24)18-47-30(43)39-19-32(33,34)35/h2-11,14-15,23-26,38H,12-13,16-19,36H2,1H3,(H,37,41)(H,39,43)/t23-,24+,26-/m0/s1. The average Bonchev–Trinajstić information content (AvgIpc) is 3.07. The van der Waals surface area contributed by atoms with Crippen LogP contribution < -0.4 is 26.8 Å². The Morgan fingerprint density at radius 2 is 1.70 bits per heavy atom. The van der Waals surface area contributed by atoms with Crippen LogP contribution in [0.15, 0.2) is 77.7 Å². The number of hydrogen-bond donors (Lipinski definition) is 4. The molecule has 0 saturated carbocycles. The molecule has 0 spiro atoms. The minimum atomic E-state index is -4.55. The van der Waals surface area contributed by atoms with Crippen molar-refractivity contribution >= 4 is 23.8 Å². The van der Waals surface area contributed by atoms with Crippen molar-refractivity contribution in [1.29, 1.82) is 0 Å². The van der Waals surface area contributed by atoms with Gasteiger partial charge in [-0.25, -0.2) is 14.5 Å². The summed E-state index contributed by atoms with van der Waals surface area (Å²) < 4.78 is 52.4. The van der Waals surface area contributed by atoms with E-state index in [4.69, 9.17) is 19.9 Å². The van der Waals surface area contributed by atoms with Gasteiger partial charge < -0.3 is 35.6 Å². The average molecular weight is 660 g/mol. The maximum Gasteiger partial charge on any atom is 0.421 e. The molecule has 1 aliphatic rings. The number of amides is 3. The van der Waals surface area contributed by atoms with E-state index in [1.807, 2.05) is 60.7 Å². The molecule has 3 atom stereocenters. The number of nitrogens with zero attached hydrogens (tertiary/aromatic N) is 1. The van der Waals surface area contributed by atoms with E-state index in [0.717, 1.165) is 18.2 Å². The van der Waals surface area contributed by atoms with Crippen molar-refractivity contribution in [3.63, 3.8) is 0 Å². The summed E-state index contributed by atoms with van der Waals surface area (Å²) in [5.74, 6) is -1.50. The lowest BCUT2D eigenvalue weighted by Gasteiger charge is -2.31. The van der Waals surface area contributed by atoms with Crippen molar-refractivity contribution in [1.82, 2.24) is 15.6 Å². The fourth-order valence-electron chi connectivity index (χ4n) is 5.24. The van der Waals surface area contributed by atoms with Gasteiger partial charge >= 0.3 is 18.4 Å². The third kappa shape index (κ3) is 9.64. The van der Waals surface area contributed by atoms with Gasteiger partial charge in [-0.1, -0.05) is 60.7 Å². The highest BCUT2D eigenvalue weighted by molar-refractivity contribution is 6.14. The topological polar surface area (TPSA) is 165 Å². The number of nitrogens with one attached hydrogen (secondary N) is 3. The number of aromatic amines is 1. The van der Waals surface area contributed by atoms with Gasteiger partial charge in [-0.15, -0.1) is 0 Å². The van der Waals surface area contributed by atoms with Crippen LogP contribution in [-0.4, -0.2) is 80.9 Å². The van der Waals surface area contributed by atoms with Gasteiger partial charge in [0.25, 0.3) is 11.5 Å². The largest absolute Gasteiger partial charge is 0.452 e. The van der Waals surface area contributed by atoms with Crippen molar-refractivity contribution < 1.29 is 41.8 Å². The number of morpholine rings is 1. The van der Waals surface area contributed by atoms with Crippen molar-refractivity contribution in [3.8, 4) is 0 Å². The Balaban J connectivity index is 1.46. The summed E-state index contributed by atoms with van der Waals surface area (Å²) in [7, 11) is 1.10. The highest BCUT2D eigenvalue weighted by Crippen LogP contribution is 2.30. The zero-order chi connectivity index (χ0) is 34.0. The van der Waals surface area contributed by atoms with Gasteiger partial charge in [-0.05, 0) is 35.6 Å². The SMILES string of the molecule is COC(=O)N(C(=O)[C@@H](N)C(c1ccccc1)c1ccccc1)c1c(CC[C@@H]2CN[C@H](COC(=O)NCC(F)(F)F)CO2)cc[nH]c1=O. The van der Waals surface area contributed by atoms with Crippen LogP contribution >= 0.6 is 0 Å². The summed E-state index contributed by atoms with van der Waals surface area (Å²) in [4.78, 5) is 55.2. The summed E-state index contributed by atoms with van der Waals surface area (Å²) >= 11 is 0. The number of aryl methyl sites for hydroxylation is 1. The Bertz CT molecular complexity index is 1510. The number of pyridine rings is 1. The van der Waals surface area contributed by atoms with E-state index in [1.165, 1.54) is 6.20 Å². The van der Waals surface area contributed by atoms with Gasteiger partial charge in [0.2, 0.25) is 0 Å². The third-order valence-corrected chi connectivity index (χ3v) is 7.53. The first-order valence-corrected chi connectivity index (χ1v) is 14.8. The highest BCUT2D eigenvalue weighted by Gasteiger charge is 2.37. The maximum atomic E-state index is 14.1. The number of nitrogens with two attached hydrogens (primary N) is 1. The predicted octanol–water partition coefficient (Wildman–Crippen LogP) is 3.21. The van der Waals surface area contributed by atoms with Crippen molar-refractivity contribution in [2.24, 2.45) is 5.73 Å². The van der Waals surface area contributed by atoms with Crippen LogP contribution in [-0.2, 0) is 25.4 Å². The number of aromatic nitrogens is 1. The number of methoxy groups -OCH3 is 1. The molecule has 2 heterocycles. The van der Waals surface area contributed by atoms with Crippen LogP contribution in [0.3, 0.4) is 0 Å². The second-order valence-corrected chi connectivity index (χ2v) is 10.8. The van der Waals surface area contributed by atoms with E-state index in [-0.39, 0.29) is 31.4 Å². The van der Waals surface area contributed by atoms with Crippen LogP contribution in [0.2, 0.25) is 0 Å². The maximum absolute atomic E-state index is 14.1. The molecular formula is C32H36F3N5O7. The van der Waals surface area contributed by atoms with Gasteiger partial charge in [-0.3, -0.25) is 9.59 Å². The molecule has 47 heavy (non-hydrogen) atoms. The molecular weight excluding hydrogens is 623 g/mol. The van der Waals surface area contributed by atoms with Crippen molar-refractivity contribution in [2.75, 3.05) is 38.3 Å². The number of anilines is 1. The molecule has 0 radical (unpaired) electrons. The third-order valence-electron chi connectivity index (χ3n) is 7.53. The molecule has 0 unspecified atom stereocenters. The number of carbonyl (C=O) groups is 3. The second kappa shape index (κ2) is 16.2. The molecule has 2 aromatic carbocycles. The van der Waals surface area contributed by atoms with Gasteiger partial charge in [0, 0.05) is 18.7 Å². The number of hydrogen-bond acceptors (Lipinski definition) is 9. The molecule has 1 fully saturated rings. The number of alkyl halides is 3. The molecule has 5 N–H and O–H groups in total. The minimum Gasteiger partial charge on any atom is -0.452 e. The molecule has 1 aliphatic heterocycles. The summed E-state index contributed by atoms with van der Waals surface area (Å²) in [6.45, 7) is -1.31. The summed E-state index contributed by atoms with van der Waals surface area (Å²) in [6.07, 6.45) is -5.24. The number of halogens is 3. The van der Waals surface area contributed by atoms with Gasteiger partial charge in [0.05, 0.1) is 31.9 Å². The number of ether oxygens (including phenoxy) is 3. The lowest BCUT2D eigenvalue weighted by molar-refractivity contribution is -0.124. The fourth-order valence-corrected chi connectivity index (χ4v) is 5.24. The first-order valence-electron chi connectivity index (χ1n) is 14.8. The molecule has 0 bridgehead atoms. The zero-order valence-electron chi connectivity index (χ0n) is 25.5. The number of alkyl carbamates (subject to hydrolysis) is 1. The lowest BCUT2D eigenvalue weighted by atomic mass is 9.84. The van der Waals surface area contributed by atoms with E-state index in [2.05, 4.69) is 10.3 Å². The Morgan fingerprint density at radius 1 is 1.06 bits per heavy atom. The summed E-state index contributed by atoms with van der Waals surface area (Å²) in [6, 6.07) is 18.0. The van der Waals surface area contributed by atoms with Crippen molar-refractivity contribution in [3.05, 3.63) is 100.0 Å². The fraction of sp³-hybridized carbons (Fsp3) is 0.375. The molecule has 252 valence electrons. The monoisotopic (exact) mass is 659 g/mol. The number of imide groups is 1. The minimum absolute atomic E-state index is 0.0986. The number of H-pyrrole nitrogens is 1. The van der Waals surface area contributed by atoms with E-state index in [0.29, 0.717) is 23.4 Å². The Hall–Kier alpha value is -4.73. The number of carbonyl (C=O) groups excluding carboxylic acids is 3. The van der Waals surface area contributed by atoms with Gasteiger partial charge in [0.1, 0.15) is 18.8 Å². The van der Waals surface area contributed by atoms with Crippen LogP contribution in [0, 0.1) is 0 Å². The second-order valence-electron chi connectivity index (χ2n) is 10.8. The molecule has 1 aromatic heterocycles. The summed E-state index contributed by atoms with van der Waals surface area (Å²) in [5.41, 5.74) is 7.53. The quantitative estimate of drug-likeness (QED) is 0.242. The number of rotatable bonds is 11. The molecule has 15 heteroatoms. The zero-order valence-corrected chi connectivity index (χ0v) is 25.5. The Morgan fingerprint density at radius 3 is 2.26 bits per heavy atom. The molecule has 4 rings (SSSR count). The van der Waals surface area contributed by atoms with Crippen LogP contribution in [0.4, 0.5) is 28.4 Å². The number of benzene rings is 2. The molecule has 3 amide bonds. The highest BCUT2D eigenvalue weighted by atomic mass is 19.4. The van der Waals surface area contributed by atoms with E-state index >= 15 is 0 Å². The van der Waals surface area contributed by atoms with Crippen LogP contribution in [0.25, 0.3) is 0 Å². The van der Waals surface area contributed by atoms with E-state index < -0.39 is 54.4 Å². The van der Waals surface area contributed by atoms with E-state index in [1.54, 1.807) is 11.4 Å². The van der Waals surface area contributed by atoms with E-state index in [9.17, 15) is 32.3 Å². The molecule has 3 aromatic rings. The lowest BCUT2D eigenvalue weighted by Crippen LogP contribution is -2.51. The Kier molecular flexibility index (Phi) is 12.1. The first-order chi connectivity index (χ1) is 22.5. The first kappa shape index (κ1) is 35.1. The van der Waals surface area contributed by atoms with Crippen molar-refractivity contribution in [2.45, 2.75) is 43.1 Å². The predicted molar refractivity (Wildman–Crippen MR) is 165 cm³/mol. The van der Waals surface area contributed by atoms with Gasteiger partial charge in [-0.2, -0.15) is 13.2 Å². The molecule has 12 nitrogen and oxygen atoms in total. The smallest absolute Gasteiger partial charge is 0.421 e.